The highest BCUT2D eigenvalue weighted by molar-refractivity contribution is 5.77. The predicted molar refractivity (Wildman–Crippen MR) is 137 cm³/mol. The van der Waals surface area contributed by atoms with Crippen LogP contribution in [0, 0.1) is 11.3 Å². The smallest absolute Gasteiger partial charge is 0.352 e. The molecule has 0 aromatic heterocycles. The van der Waals surface area contributed by atoms with Crippen LogP contribution in [0.2, 0.25) is 0 Å². The number of methoxy groups -OCH3 is 2. The number of nitriles is 1. The van der Waals surface area contributed by atoms with Gasteiger partial charge in [-0.25, -0.2) is 4.79 Å². The molecule has 2 unspecified atom stereocenters. The quantitative estimate of drug-likeness (QED) is 0.345. The standard InChI is InChI=1S/C29H28N2O6/c1-5-18-6-8-19(9-7-18)35-17(2)29(32)36-21-11-13-23-26(15-21)37-28(31)24(16-30)27(23)22-12-10-20(33-3)14-25(22)34-4/h6-15,17,27H,5,31H2,1-4H3. The highest BCUT2D eigenvalue weighted by Gasteiger charge is 2.33. The second-order valence-electron chi connectivity index (χ2n) is 8.41. The Kier molecular flexibility index (Phi) is 7.54. The SMILES string of the molecule is CCc1ccc(OC(C)C(=O)Oc2ccc3c(c2)OC(N)=C(C#N)C3c2ccc(OC)cc2OC)cc1. The molecule has 8 nitrogen and oxygen atoms in total. The third kappa shape index (κ3) is 5.31. The van der Waals surface area contributed by atoms with E-state index >= 15 is 0 Å². The first kappa shape index (κ1) is 25.5. The number of ether oxygens (including phenoxy) is 5. The molecule has 1 heterocycles. The van der Waals surface area contributed by atoms with E-state index in [9.17, 15) is 10.1 Å². The van der Waals surface area contributed by atoms with E-state index in [4.69, 9.17) is 29.4 Å². The summed E-state index contributed by atoms with van der Waals surface area (Å²) in [7, 11) is 3.11. The lowest BCUT2D eigenvalue weighted by Crippen LogP contribution is -2.28. The summed E-state index contributed by atoms with van der Waals surface area (Å²) < 4.78 is 27.9. The van der Waals surface area contributed by atoms with Crippen molar-refractivity contribution < 1.29 is 28.5 Å². The molecule has 1 aliphatic heterocycles. The van der Waals surface area contributed by atoms with Crippen molar-refractivity contribution in [3.05, 3.63) is 88.8 Å². The summed E-state index contributed by atoms with van der Waals surface area (Å²) >= 11 is 0. The van der Waals surface area contributed by atoms with Gasteiger partial charge < -0.3 is 29.4 Å². The van der Waals surface area contributed by atoms with E-state index in [0.29, 0.717) is 34.1 Å². The maximum absolute atomic E-state index is 12.7. The first-order valence-electron chi connectivity index (χ1n) is 11.8. The van der Waals surface area contributed by atoms with Crippen LogP contribution in [0.1, 0.15) is 36.5 Å². The summed E-state index contributed by atoms with van der Waals surface area (Å²) in [6.07, 6.45) is 0.0795. The van der Waals surface area contributed by atoms with E-state index in [1.807, 2.05) is 30.3 Å². The molecule has 8 heteroatoms. The minimum Gasteiger partial charge on any atom is -0.497 e. The van der Waals surface area contributed by atoms with Gasteiger partial charge in [0.15, 0.2) is 6.10 Å². The summed E-state index contributed by atoms with van der Waals surface area (Å²) in [5, 5.41) is 9.85. The van der Waals surface area contributed by atoms with Crippen molar-refractivity contribution in [3.63, 3.8) is 0 Å². The lowest BCUT2D eigenvalue weighted by atomic mass is 9.83. The molecule has 37 heavy (non-hydrogen) atoms. The van der Waals surface area contributed by atoms with Gasteiger partial charge in [-0.15, -0.1) is 0 Å². The second-order valence-corrected chi connectivity index (χ2v) is 8.41. The molecule has 0 saturated heterocycles. The van der Waals surface area contributed by atoms with E-state index in [0.717, 1.165) is 6.42 Å². The number of fused-ring (bicyclic) bond motifs is 1. The molecular formula is C29H28N2O6. The fraction of sp³-hybridized carbons (Fsp3) is 0.241. The summed E-state index contributed by atoms with van der Waals surface area (Å²) in [5.74, 6) is 1.21. The van der Waals surface area contributed by atoms with E-state index in [-0.39, 0.29) is 17.2 Å². The van der Waals surface area contributed by atoms with Gasteiger partial charge in [0.05, 0.1) is 20.1 Å². The molecule has 190 valence electrons. The summed E-state index contributed by atoms with van der Waals surface area (Å²) in [6, 6.07) is 20.0. The van der Waals surface area contributed by atoms with Crippen LogP contribution >= 0.6 is 0 Å². The van der Waals surface area contributed by atoms with Crippen molar-refractivity contribution in [3.8, 4) is 34.8 Å². The molecule has 0 fully saturated rings. The van der Waals surface area contributed by atoms with E-state index < -0.39 is 18.0 Å². The number of benzene rings is 3. The molecule has 0 radical (unpaired) electrons. The number of carbonyl (C=O) groups excluding carboxylic acids is 1. The predicted octanol–water partition coefficient (Wildman–Crippen LogP) is 4.86. The normalized spacial score (nSPS) is 15.1. The van der Waals surface area contributed by atoms with E-state index in [1.54, 1.807) is 51.5 Å². The van der Waals surface area contributed by atoms with Crippen LogP contribution in [-0.2, 0) is 11.2 Å². The number of esters is 1. The number of rotatable bonds is 8. The van der Waals surface area contributed by atoms with Crippen molar-refractivity contribution in [1.29, 1.82) is 5.26 Å². The molecular weight excluding hydrogens is 472 g/mol. The maximum atomic E-state index is 12.7. The molecule has 0 amide bonds. The van der Waals surface area contributed by atoms with Crippen molar-refractivity contribution in [1.82, 2.24) is 0 Å². The van der Waals surface area contributed by atoms with Crippen LogP contribution in [0.25, 0.3) is 0 Å². The Balaban J connectivity index is 1.59. The lowest BCUT2D eigenvalue weighted by Gasteiger charge is -2.28. The number of hydrogen-bond donors (Lipinski definition) is 1. The fourth-order valence-electron chi connectivity index (χ4n) is 4.13. The molecule has 3 aromatic rings. The number of nitrogens with two attached hydrogens (primary N) is 1. The average Bonchev–Trinajstić information content (AvgIpc) is 2.92. The Morgan fingerprint density at radius 1 is 1.00 bits per heavy atom. The van der Waals surface area contributed by atoms with Gasteiger partial charge >= 0.3 is 5.97 Å². The largest absolute Gasteiger partial charge is 0.497 e. The van der Waals surface area contributed by atoms with Crippen molar-refractivity contribution in [2.24, 2.45) is 5.73 Å². The topological polar surface area (TPSA) is 113 Å². The highest BCUT2D eigenvalue weighted by Crippen LogP contribution is 2.46. The number of carbonyl (C=O) groups is 1. The Labute approximate surface area is 215 Å². The maximum Gasteiger partial charge on any atom is 0.352 e. The summed E-state index contributed by atoms with van der Waals surface area (Å²) in [5.41, 5.74) is 8.94. The minimum absolute atomic E-state index is 0.0337. The lowest BCUT2D eigenvalue weighted by molar-refractivity contribution is -0.141. The Morgan fingerprint density at radius 2 is 1.68 bits per heavy atom. The number of allylic oxidation sites excluding steroid dienone is 1. The highest BCUT2D eigenvalue weighted by atomic mass is 16.6. The number of aryl methyl sites for hydroxylation is 1. The van der Waals surface area contributed by atoms with Gasteiger partial charge in [-0.3, -0.25) is 0 Å². The molecule has 2 N–H and O–H groups in total. The van der Waals surface area contributed by atoms with Crippen LogP contribution in [0.4, 0.5) is 0 Å². The zero-order valence-corrected chi connectivity index (χ0v) is 21.1. The van der Waals surface area contributed by atoms with Crippen molar-refractivity contribution >= 4 is 5.97 Å². The molecule has 1 aliphatic rings. The first-order chi connectivity index (χ1) is 17.9. The Morgan fingerprint density at radius 3 is 2.32 bits per heavy atom. The Hall–Kier alpha value is -4.64. The number of nitrogens with zero attached hydrogens (tertiary/aromatic N) is 1. The van der Waals surface area contributed by atoms with Gasteiger partial charge in [0.2, 0.25) is 5.88 Å². The van der Waals surface area contributed by atoms with Crippen LogP contribution in [0.3, 0.4) is 0 Å². The van der Waals surface area contributed by atoms with Crippen LogP contribution in [-0.4, -0.2) is 26.3 Å². The van der Waals surface area contributed by atoms with Gasteiger partial charge in [0, 0.05) is 23.3 Å². The van der Waals surface area contributed by atoms with Crippen molar-refractivity contribution in [2.75, 3.05) is 14.2 Å². The zero-order valence-electron chi connectivity index (χ0n) is 21.1. The third-order valence-corrected chi connectivity index (χ3v) is 6.14. The van der Waals surface area contributed by atoms with Gasteiger partial charge in [0.25, 0.3) is 0 Å². The minimum atomic E-state index is -0.837. The molecule has 4 rings (SSSR count). The van der Waals surface area contributed by atoms with Crippen LogP contribution in [0.5, 0.6) is 28.7 Å². The van der Waals surface area contributed by atoms with Gasteiger partial charge in [-0.1, -0.05) is 31.2 Å². The number of hydrogen-bond acceptors (Lipinski definition) is 8. The molecule has 0 bridgehead atoms. The monoisotopic (exact) mass is 500 g/mol. The third-order valence-electron chi connectivity index (χ3n) is 6.14. The van der Waals surface area contributed by atoms with Crippen LogP contribution in [0.15, 0.2) is 72.1 Å². The van der Waals surface area contributed by atoms with Gasteiger partial charge in [-0.05, 0) is 43.2 Å². The van der Waals surface area contributed by atoms with Crippen molar-refractivity contribution in [2.45, 2.75) is 32.3 Å². The van der Waals surface area contributed by atoms with Gasteiger partial charge in [0.1, 0.15) is 40.4 Å². The van der Waals surface area contributed by atoms with E-state index in [1.165, 1.54) is 5.56 Å². The average molecular weight is 501 g/mol. The molecule has 0 saturated carbocycles. The summed E-state index contributed by atoms with van der Waals surface area (Å²) in [6.45, 7) is 3.69. The second kappa shape index (κ2) is 11.0. The Bertz CT molecular complexity index is 1370. The first-order valence-corrected chi connectivity index (χ1v) is 11.8. The molecule has 0 aliphatic carbocycles. The molecule has 0 spiro atoms. The van der Waals surface area contributed by atoms with Crippen LogP contribution < -0.4 is 29.4 Å². The zero-order chi connectivity index (χ0) is 26.5. The molecule has 2 atom stereocenters. The van der Waals surface area contributed by atoms with Gasteiger partial charge in [-0.2, -0.15) is 5.26 Å². The summed E-state index contributed by atoms with van der Waals surface area (Å²) in [4.78, 5) is 12.7. The van der Waals surface area contributed by atoms with E-state index in [2.05, 4.69) is 13.0 Å². The molecule has 3 aromatic carbocycles. The fourth-order valence-corrected chi connectivity index (χ4v) is 4.13.